The number of hydrogen-bond donors (Lipinski definition) is 1. The summed E-state index contributed by atoms with van der Waals surface area (Å²) in [7, 11) is -3.61. The molecule has 0 unspecified atom stereocenters. The van der Waals surface area contributed by atoms with Crippen LogP contribution in [0.5, 0.6) is 0 Å². The second kappa shape index (κ2) is 4.68. The summed E-state index contributed by atoms with van der Waals surface area (Å²) in [6.45, 7) is 2.14. The van der Waals surface area contributed by atoms with Gasteiger partial charge in [-0.1, -0.05) is 0 Å². The number of rotatable bonds is 3. The quantitative estimate of drug-likeness (QED) is 0.900. The number of amides is 1. The standard InChI is InChI=1S/C9H10BrNO4S2/c1-5-7(10)2-8(16-5)9(12)11-17(13,14)6-3-15-4-6/h2,6H,3-4H2,1H3,(H,11,12). The van der Waals surface area contributed by atoms with E-state index in [1.54, 1.807) is 6.07 Å². The molecule has 0 aromatic carbocycles. The highest BCUT2D eigenvalue weighted by Crippen LogP contribution is 2.26. The number of hydrogen-bond acceptors (Lipinski definition) is 5. The molecule has 0 aliphatic carbocycles. The molecule has 0 saturated carbocycles. The normalized spacial score (nSPS) is 16.6. The Hall–Kier alpha value is -0.440. The average Bonchev–Trinajstić information content (AvgIpc) is 2.42. The van der Waals surface area contributed by atoms with Crippen molar-refractivity contribution in [2.24, 2.45) is 0 Å². The highest BCUT2D eigenvalue weighted by Gasteiger charge is 2.34. The van der Waals surface area contributed by atoms with Gasteiger partial charge in [0.2, 0.25) is 10.0 Å². The van der Waals surface area contributed by atoms with Crippen LogP contribution in [0.1, 0.15) is 14.5 Å². The minimum atomic E-state index is -3.61. The maximum Gasteiger partial charge on any atom is 0.274 e. The monoisotopic (exact) mass is 339 g/mol. The van der Waals surface area contributed by atoms with E-state index in [1.165, 1.54) is 11.3 Å². The Morgan fingerprint density at radius 1 is 1.59 bits per heavy atom. The largest absolute Gasteiger partial charge is 0.378 e. The van der Waals surface area contributed by atoms with E-state index in [2.05, 4.69) is 20.7 Å². The zero-order valence-electron chi connectivity index (χ0n) is 8.90. The van der Waals surface area contributed by atoms with E-state index in [9.17, 15) is 13.2 Å². The minimum Gasteiger partial charge on any atom is -0.378 e. The van der Waals surface area contributed by atoms with E-state index < -0.39 is 21.2 Å². The van der Waals surface area contributed by atoms with Gasteiger partial charge in [0.25, 0.3) is 5.91 Å². The maximum absolute atomic E-state index is 11.7. The molecule has 0 bridgehead atoms. The van der Waals surface area contributed by atoms with Gasteiger partial charge in [-0.05, 0) is 28.9 Å². The third-order valence-corrected chi connectivity index (χ3v) is 6.12. The lowest BCUT2D eigenvalue weighted by Crippen LogP contribution is -2.48. The van der Waals surface area contributed by atoms with Crippen molar-refractivity contribution in [2.75, 3.05) is 13.2 Å². The first kappa shape index (κ1) is 13.0. The van der Waals surface area contributed by atoms with Crippen LogP contribution >= 0.6 is 27.3 Å². The number of aryl methyl sites for hydroxylation is 1. The van der Waals surface area contributed by atoms with Crippen LogP contribution in [0.15, 0.2) is 10.5 Å². The van der Waals surface area contributed by atoms with Crippen molar-refractivity contribution >= 4 is 43.2 Å². The van der Waals surface area contributed by atoms with Gasteiger partial charge in [-0.2, -0.15) is 0 Å². The van der Waals surface area contributed by atoms with Gasteiger partial charge in [-0.15, -0.1) is 11.3 Å². The molecule has 2 heterocycles. The molecule has 1 aliphatic heterocycles. The lowest BCUT2D eigenvalue weighted by atomic mass is 10.4. The molecule has 2 rings (SSSR count). The molecule has 1 aromatic heterocycles. The van der Waals surface area contributed by atoms with Crippen LogP contribution in [0.4, 0.5) is 0 Å². The van der Waals surface area contributed by atoms with Gasteiger partial charge >= 0.3 is 0 Å². The summed E-state index contributed by atoms with van der Waals surface area (Å²) in [5, 5.41) is -0.615. The van der Waals surface area contributed by atoms with E-state index >= 15 is 0 Å². The summed E-state index contributed by atoms with van der Waals surface area (Å²) < 4.78 is 31.0. The molecule has 0 spiro atoms. The summed E-state index contributed by atoms with van der Waals surface area (Å²) in [4.78, 5) is 13.0. The molecule has 1 N–H and O–H groups in total. The first-order valence-electron chi connectivity index (χ1n) is 4.80. The van der Waals surface area contributed by atoms with Gasteiger partial charge < -0.3 is 4.74 Å². The average molecular weight is 340 g/mol. The highest BCUT2D eigenvalue weighted by molar-refractivity contribution is 9.10. The van der Waals surface area contributed by atoms with Crippen molar-refractivity contribution in [3.8, 4) is 0 Å². The lowest BCUT2D eigenvalue weighted by molar-refractivity contribution is 0.0411. The number of sulfonamides is 1. The summed E-state index contributed by atoms with van der Waals surface area (Å²) in [6, 6.07) is 1.61. The Balaban J connectivity index is 2.11. The van der Waals surface area contributed by atoms with Crippen LogP contribution in [0.3, 0.4) is 0 Å². The molecule has 94 valence electrons. The van der Waals surface area contributed by atoms with Crippen molar-refractivity contribution in [2.45, 2.75) is 12.2 Å². The van der Waals surface area contributed by atoms with E-state index in [1.807, 2.05) is 6.92 Å². The number of nitrogens with one attached hydrogen (secondary N) is 1. The zero-order chi connectivity index (χ0) is 12.6. The topological polar surface area (TPSA) is 72.5 Å². The molecule has 17 heavy (non-hydrogen) atoms. The van der Waals surface area contributed by atoms with Crippen LogP contribution in [-0.4, -0.2) is 32.8 Å². The maximum atomic E-state index is 11.7. The molecule has 1 saturated heterocycles. The molecule has 8 heteroatoms. The van der Waals surface area contributed by atoms with Crippen LogP contribution in [0.25, 0.3) is 0 Å². The highest BCUT2D eigenvalue weighted by atomic mass is 79.9. The van der Waals surface area contributed by atoms with E-state index in [0.717, 1.165) is 9.35 Å². The number of carbonyl (C=O) groups excluding carboxylic acids is 1. The van der Waals surface area contributed by atoms with Gasteiger partial charge in [0, 0.05) is 9.35 Å². The number of halogens is 1. The number of thiophene rings is 1. The summed E-state index contributed by atoms with van der Waals surface area (Å²) in [5.41, 5.74) is 0. The van der Waals surface area contributed by atoms with Gasteiger partial charge in [-0.3, -0.25) is 4.79 Å². The van der Waals surface area contributed by atoms with Crippen LogP contribution in [0, 0.1) is 6.92 Å². The first-order valence-corrected chi connectivity index (χ1v) is 7.95. The van der Waals surface area contributed by atoms with Crippen molar-refractivity contribution in [3.63, 3.8) is 0 Å². The zero-order valence-corrected chi connectivity index (χ0v) is 12.1. The van der Waals surface area contributed by atoms with Crippen LogP contribution < -0.4 is 4.72 Å². The predicted molar refractivity (Wildman–Crippen MR) is 67.7 cm³/mol. The lowest BCUT2D eigenvalue weighted by Gasteiger charge is -2.25. The van der Waals surface area contributed by atoms with Gasteiger partial charge in [0.05, 0.1) is 18.1 Å². The smallest absolute Gasteiger partial charge is 0.274 e. The Bertz CT molecular complexity index is 528. The Morgan fingerprint density at radius 3 is 2.65 bits per heavy atom. The Morgan fingerprint density at radius 2 is 2.24 bits per heavy atom. The molecular formula is C9H10BrNO4S2. The SMILES string of the molecule is Cc1sc(C(=O)NS(=O)(=O)C2COC2)cc1Br. The molecule has 0 atom stereocenters. The minimum absolute atomic E-state index is 0.149. The third-order valence-electron chi connectivity index (χ3n) is 2.36. The molecular weight excluding hydrogens is 330 g/mol. The summed E-state index contributed by atoms with van der Waals surface area (Å²) in [5.74, 6) is -0.587. The summed E-state index contributed by atoms with van der Waals surface area (Å²) >= 11 is 4.52. The fourth-order valence-electron chi connectivity index (χ4n) is 1.23. The Labute approximate surface area is 111 Å². The predicted octanol–water partition coefficient (Wildman–Crippen LogP) is 1.28. The van der Waals surface area contributed by atoms with Crippen molar-refractivity contribution in [1.82, 2.24) is 4.72 Å². The van der Waals surface area contributed by atoms with Crippen molar-refractivity contribution in [1.29, 1.82) is 0 Å². The van der Waals surface area contributed by atoms with Crippen LogP contribution in [0.2, 0.25) is 0 Å². The van der Waals surface area contributed by atoms with Crippen LogP contribution in [-0.2, 0) is 14.8 Å². The molecule has 1 aliphatic rings. The number of carbonyl (C=O) groups is 1. The van der Waals surface area contributed by atoms with Crippen molar-refractivity contribution in [3.05, 3.63) is 20.3 Å². The first-order chi connectivity index (χ1) is 7.90. The van der Waals surface area contributed by atoms with Gasteiger partial charge in [-0.25, -0.2) is 13.1 Å². The third kappa shape index (κ3) is 2.70. The fraction of sp³-hybridized carbons (Fsp3) is 0.444. The van der Waals surface area contributed by atoms with E-state index in [4.69, 9.17) is 4.74 Å². The molecule has 5 nitrogen and oxygen atoms in total. The van der Waals surface area contributed by atoms with Gasteiger partial charge in [0.1, 0.15) is 5.25 Å². The second-order valence-corrected chi connectivity index (χ2v) is 7.72. The molecule has 0 radical (unpaired) electrons. The summed E-state index contributed by atoms with van der Waals surface area (Å²) in [6.07, 6.45) is 0. The number of ether oxygens (including phenoxy) is 1. The Kier molecular flexibility index (Phi) is 3.58. The molecule has 1 fully saturated rings. The fourth-order valence-corrected chi connectivity index (χ4v) is 3.81. The van der Waals surface area contributed by atoms with E-state index in [-0.39, 0.29) is 13.2 Å². The molecule has 1 aromatic rings. The van der Waals surface area contributed by atoms with Crippen molar-refractivity contribution < 1.29 is 17.9 Å². The second-order valence-electron chi connectivity index (χ2n) is 3.65. The molecule has 1 amide bonds. The van der Waals surface area contributed by atoms with E-state index in [0.29, 0.717) is 4.88 Å². The van der Waals surface area contributed by atoms with Gasteiger partial charge in [0.15, 0.2) is 0 Å².